The smallest absolute Gasteiger partial charge is 0.339 e. The molecule has 0 unspecified atom stereocenters. The van der Waals surface area contributed by atoms with Crippen LogP contribution < -0.4 is 0 Å². The zero-order valence-corrected chi connectivity index (χ0v) is 10.1. The second-order valence-corrected chi connectivity index (χ2v) is 3.71. The second kappa shape index (κ2) is 6.01. The van der Waals surface area contributed by atoms with Crippen LogP contribution in [0.25, 0.3) is 0 Å². The maximum atomic E-state index is 11.0. The molecular formula is C11H16N4O2. The minimum absolute atomic E-state index is 0.225. The van der Waals surface area contributed by atoms with Gasteiger partial charge in [-0.15, -0.1) is 0 Å². The van der Waals surface area contributed by atoms with E-state index < -0.39 is 5.97 Å². The average Bonchev–Trinajstić information content (AvgIpc) is 2.66. The SMILES string of the molecule is CCN(CCC#N)Cc1c(C(=O)O)cnn1C. The van der Waals surface area contributed by atoms with Gasteiger partial charge in [-0.25, -0.2) is 4.79 Å². The van der Waals surface area contributed by atoms with Gasteiger partial charge in [0, 0.05) is 26.6 Å². The highest BCUT2D eigenvalue weighted by molar-refractivity contribution is 5.88. The van der Waals surface area contributed by atoms with Gasteiger partial charge in [-0.05, 0) is 6.54 Å². The lowest BCUT2D eigenvalue weighted by atomic mass is 10.2. The number of aromatic nitrogens is 2. The van der Waals surface area contributed by atoms with Crippen LogP contribution in [0.1, 0.15) is 29.4 Å². The molecule has 6 nitrogen and oxygen atoms in total. The van der Waals surface area contributed by atoms with Gasteiger partial charge in [0.05, 0.1) is 18.0 Å². The van der Waals surface area contributed by atoms with Crippen molar-refractivity contribution in [3.8, 4) is 6.07 Å². The molecule has 17 heavy (non-hydrogen) atoms. The van der Waals surface area contributed by atoms with Crippen LogP contribution >= 0.6 is 0 Å². The van der Waals surface area contributed by atoms with Gasteiger partial charge in [0.1, 0.15) is 5.56 Å². The van der Waals surface area contributed by atoms with E-state index in [-0.39, 0.29) is 5.56 Å². The summed E-state index contributed by atoms with van der Waals surface area (Å²) < 4.78 is 1.57. The normalized spacial score (nSPS) is 10.5. The van der Waals surface area contributed by atoms with Crippen LogP contribution in [0, 0.1) is 11.3 Å². The highest BCUT2D eigenvalue weighted by atomic mass is 16.4. The third-order valence-electron chi connectivity index (χ3n) is 2.65. The van der Waals surface area contributed by atoms with E-state index in [0.29, 0.717) is 25.2 Å². The molecule has 0 saturated heterocycles. The fraction of sp³-hybridized carbons (Fsp3) is 0.545. The van der Waals surface area contributed by atoms with Crippen LogP contribution in [-0.2, 0) is 13.6 Å². The highest BCUT2D eigenvalue weighted by Crippen LogP contribution is 2.11. The maximum absolute atomic E-state index is 11.0. The van der Waals surface area contributed by atoms with Gasteiger partial charge < -0.3 is 5.11 Å². The Morgan fingerprint density at radius 3 is 2.94 bits per heavy atom. The van der Waals surface area contributed by atoms with E-state index in [1.165, 1.54) is 6.20 Å². The monoisotopic (exact) mass is 236 g/mol. The summed E-state index contributed by atoms with van der Waals surface area (Å²) in [6.45, 7) is 3.88. The van der Waals surface area contributed by atoms with E-state index in [2.05, 4.69) is 11.2 Å². The Morgan fingerprint density at radius 2 is 2.41 bits per heavy atom. The van der Waals surface area contributed by atoms with Gasteiger partial charge in [-0.1, -0.05) is 6.92 Å². The number of carboxylic acid groups (broad SMARTS) is 1. The second-order valence-electron chi connectivity index (χ2n) is 3.71. The minimum Gasteiger partial charge on any atom is -0.478 e. The van der Waals surface area contributed by atoms with Gasteiger partial charge in [-0.2, -0.15) is 10.4 Å². The Morgan fingerprint density at radius 1 is 1.71 bits per heavy atom. The van der Waals surface area contributed by atoms with Crippen LogP contribution in [0.3, 0.4) is 0 Å². The molecule has 0 aromatic carbocycles. The molecule has 92 valence electrons. The number of aromatic carboxylic acids is 1. The molecule has 1 heterocycles. The Bertz CT molecular complexity index is 433. The Balaban J connectivity index is 2.82. The molecule has 1 rings (SSSR count). The first kappa shape index (κ1) is 13.2. The molecule has 0 spiro atoms. The zero-order valence-electron chi connectivity index (χ0n) is 10.1. The lowest BCUT2D eigenvalue weighted by molar-refractivity contribution is 0.0694. The van der Waals surface area contributed by atoms with Gasteiger partial charge >= 0.3 is 5.97 Å². The van der Waals surface area contributed by atoms with Crippen molar-refractivity contribution in [2.45, 2.75) is 19.9 Å². The molecular weight excluding hydrogens is 220 g/mol. The molecule has 0 aliphatic rings. The number of rotatable bonds is 6. The first-order chi connectivity index (χ1) is 8.10. The predicted molar refractivity (Wildman–Crippen MR) is 61.3 cm³/mol. The van der Waals surface area contributed by atoms with E-state index in [0.717, 1.165) is 6.54 Å². The number of aryl methyl sites for hydroxylation is 1. The molecule has 0 radical (unpaired) electrons. The van der Waals surface area contributed by atoms with Gasteiger partial charge in [0.25, 0.3) is 0 Å². The Kier molecular flexibility index (Phi) is 4.67. The number of nitrogens with zero attached hydrogens (tertiary/aromatic N) is 4. The summed E-state index contributed by atoms with van der Waals surface area (Å²) in [4.78, 5) is 13.0. The molecule has 0 bridgehead atoms. The van der Waals surface area contributed by atoms with E-state index in [1.54, 1.807) is 11.7 Å². The van der Waals surface area contributed by atoms with E-state index in [9.17, 15) is 4.79 Å². The van der Waals surface area contributed by atoms with Crippen molar-refractivity contribution in [2.24, 2.45) is 7.05 Å². The first-order valence-electron chi connectivity index (χ1n) is 5.43. The maximum Gasteiger partial charge on any atom is 0.339 e. The molecule has 1 aromatic heterocycles. The number of hydrogen-bond acceptors (Lipinski definition) is 4. The topological polar surface area (TPSA) is 82.2 Å². The quantitative estimate of drug-likeness (QED) is 0.792. The first-order valence-corrected chi connectivity index (χ1v) is 5.43. The van der Waals surface area contributed by atoms with E-state index in [1.807, 2.05) is 11.8 Å². The van der Waals surface area contributed by atoms with Crippen LogP contribution in [0.15, 0.2) is 6.20 Å². The summed E-state index contributed by atoms with van der Waals surface area (Å²) >= 11 is 0. The predicted octanol–water partition coefficient (Wildman–Crippen LogP) is 0.854. The number of carbonyl (C=O) groups is 1. The van der Waals surface area contributed by atoms with Gasteiger partial charge in [0.15, 0.2) is 0 Å². The molecule has 0 fully saturated rings. The zero-order chi connectivity index (χ0) is 12.8. The van der Waals surface area contributed by atoms with E-state index >= 15 is 0 Å². The minimum atomic E-state index is -0.968. The van der Waals surface area contributed by atoms with Crippen molar-refractivity contribution in [3.05, 3.63) is 17.5 Å². The lowest BCUT2D eigenvalue weighted by Crippen LogP contribution is -2.26. The summed E-state index contributed by atoms with van der Waals surface area (Å²) in [5.74, 6) is -0.968. The van der Waals surface area contributed by atoms with Gasteiger partial charge in [0.2, 0.25) is 0 Å². The van der Waals surface area contributed by atoms with Crippen molar-refractivity contribution in [1.29, 1.82) is 5.26 Å². The molecule has 0 saturated carbocycles. The van der Waals surface area contributed by atoms with Crippen LogP contribution in [-0.4, -0.2) is 38.8 Å². The average molecular weight is 236 g/mol. The number of carboxylic acids is 1. The summed E-state index contributed by atoms with van der Waals surface area (Å²) in [6, 6.07) is 2.08. The van der Waals surface area contributed by atoms with Crippen molar-refractivity contribution in [3.63, 3.8) is 0 Å². The molecule has 0 aliphatic heterocycles. The Hall–Kier alpha value is -1.87. The largest absolute Gasteiger partial charge is 0.478 e. The third kappa shape index (κ3) is 3.29. The van der Waals surface area contributed by atoms with E-state index in [4.69, 9.17) is 10.4 Å². The lowest BCUT2D eigenvalue weighted by Gasteiger charge is -2.19. The van der Waals surface area contributed by atoms with Crippen LogP contribution in [0.2, 0.25) is 0 Å². The molecule has 0 aliphatic carbocycles. The van der Waals surface area contributed by atoms with Crippen molar-refractivity contribution in [1.82, 2.24) is 14.7 Å². The van der Waals surface area contributed by atoms with Crippen molar-refractivity contribution in [2.75, 3.05) is 13.1 Å². The fourth-order valence-electron chi connectivity index (χ4n) is 1.60. The molecule has 0 atom stereocenters. The third-order valence-corrected chi connectivity index (χ3v) is 2.65. The summed E-state index contributed by atoms with van der Waals surface area (Å²) in [5, 5.41) is 21.5. The van der Waals surface area contributed by atoms with Crippen molar-refractivity contribution < 1.29 is 9.90 Å². The number of hydrogen-bond donors (Lipinski definition) is 1. The van der Waals surface area contributed by atoms with Crippen LogP contribution in [0.5, 0.6) is 0 Å². The van der Waals surface area contributed by atoms with Gasteiger partial charge in [-0.3, -0.25) is 9.58 Å². The number of nitriles is 1. The standard InChI is InChI=1S/C11H16N4O2/c1-3-15(6-4-5-12)8-10-9(11(16)17)7-13-14(10)2/h7H,3-4,6,8H2,1-2H3,(H,16,17). The fourth-order valence-corrected chi connectivity index (χ4v) is 1.60. The molecule has 1 aromatic rings. The van der Waals surface area contributed by atoms with Crippen molar-refractivity contribution >= 4 is 5.97 Å². The summed E-state index contributed by atoms with van der Waals surface area (Å²) in [7, 11) is 1.72. The Labute approximate surface area is 100 Å². The molecule has 0 amide bonds. The summed E-state index contributed by atoms with van der Waals surface area (Å²) in [5.41, 5.74) is 0.889. The molecule has 6 heteroatoms. The van der Waals surface area contributed by atoms with Crippen LogP contribution in [0.4, 0.5) is 0 Å². The highest BCUT2D eigenvalue weighted by Gasteiger charge is 2.16. The summed E-state index contributed by atoms with van der Waals surface area (Å²) in [6.07, 6.45) is 1.80. The molecule has 1 N–H and O–H groups in total.